The van der Waals surface area contributed by atoms with Gasteiger partial charge in [0.25, 0.3) is 5.56 Å². The minimum Gasteiger partial charge on any atom is -0.480 e. The van der Waals surface area contributed by atoms with Gasteiger partial charge in [-0.25, -0.2) is 9.78 Å². The molecule has 2 aromatic heterocycles. The highest BCUT2D eigenvalue weighted by Crippen LogP contribution is 2.26. The number of hydrogen-bond acceptors (Lipinski definition) is 4. The number of carboxylic acids is 1. The van der Waals surface area contributed by atoms with Crippen LogP contribution in [0.1, 0.15) is 29.2 Å². The standard InChI is InChI=1S/C12H14N2O3S/c1-5-7(3)18-10-9(5)11(15)14(8(4)13-10)6(2)12(16)17/h6H,1-4H3,(H,16,17). The molecule has 0 saturated carbocycles. The average Bonchev–Trinajstić information content (AvgIpc) is 2.54. The molecule has 5 nitrogen and oxygen atoms in total. The van der Waals surface area contributed by atoms with Gasteiger partial charge < -0.3 is 5.11 Å². The maximum absolute atomic E-state index is 12.4. The third-order valence-corrected chi connectivity index (χ3v) is 4.26. The summed E-state index contributed by atoms with van der Waals surface area (Å²) in [7, 11) is 0. The Morgan fingerprint density at radius 1 is 1.39 bits per heavy atom. The summed E-state index contributed by atoms with van der Waals surface area (Å²) in [6.07, 6.45) is 0. The third-order valence-electron chi connectivity index (χ3n) is 3.16. The Balaban J connectivity index is 2.88. The summed E-state index contributed by atoms with van der Waals surface area (Å²) in [5, 5.41) is 9.58. The topological polar surface area (TPSA) is 72.2 Å². The van der Waals surface area contributed by atoms with Crippen molar-refractivity contribution in [3.63, 3.8) is 0 Å². The zero-order chi connectivity index (χ0) is 13.6. The quantitative estimate of drug-likeness (QED) is 0.902. The van der Waals surface area contributed by atoms with Gasteiger partial charge in [-0.05, 0) is 33.3 Å². The van der Waals surface area contributed by atoms with Crippen LogP contribution in [0.4, 0.5) is 0 Å². The molecule has 1 atom stereocenters. The van der Waals surface area contributed by atoms with Crippen molar-refractivity contribution >= 4 is 27.5 Å². The Kier molecular flexibility index (Phi) is 2.98. The molecule has 0 aliphatic carbocycles. The predicted molar refractivity (Wildman–Crippen MR) is 70.4 cm³/mol. The summed E-state index contributed by atoms with van der Waals surface area (Å²) in [5.74, 6) is -0.602. The van der Waals surface area contributed by atoms with Gasteiger partial charge in [0, 0.05) is 4.88 Å². The van der Waals surface area contributed by atoms with E-state index in [1.807, 2.05) is 13.8 Å². The average molecular weight is 266 g/mol. The molecule has 0 fully saturated rings. The monoisotopic (exact) mass is 266 g/mol. The molecule has 96 valence electrons. The lowest BCUT2D eigenvalue weighted by atomic mass is 10.2. The van der Waals surface area contributed by atoms with E-state index in [2.05, 4.69) is 4.98 Å². The summed E-state index contributed by atoms with van der Waals surface area (Å²) < 4.78 is 1.24. The van der Waals surface area contributed by atoms with Gasteiger partial charge in [0.1, 0.15) is 16.7 Å². The van der Waals surface area contributed by atoms with Crippen LogP contribution in [0.5, 0.6) is 0 Å². The molecule has 1 N–H and O–H groups in total. The number of carboxylic acid groups (broad SMARTS) is 1. The van der Waals surface area contributed by atoms with E-state index in [9.17, 15) is 9.59 Å². The first kappa shape index (κ1) is 12.8. The van der Waals surface area contributed by atoms with Crippen molar-refractivity contribution in [3.8, 4) is 0 Å². The molecular formula is C12H14N2O3S. The van der Waals surface area contributed by atoms with Gasteiger partial charge >= 0.3 is 5.97 Å². The minimum atomic E-state index is -1.04. The first-order chi connectivity index (χ1) is 8.34. The van der Waals surface area contributed by atoms with Crippen LogP contribution >= 0.6 is 11.3 Å². The van der Waals surface area contributed by atoms with E-state index in [0.29, 0.717) is 16.0 Å². The predicted octanol–water partition coefficient (Wildman–Crippen LogP) is 2.03. The summed E-state index contributed by atoms with van der Waals surface area (Å²) in [5.41, 5.74) is 0.619. The molecule has 0 radical (unpaired) electrons. The van der Waals surface area contributed by atoms with E-state index in [0.717, 1.165) is 10.4 Å². The molecule has 2 heterocycles. The number of fused-ring (bicyclic) bond motifs is 1. The van der Waals surface area contributed by atoms with Gasteiger partial charge in [0.2, 0.25) is 0 Å². The van der Waals surface area contributed by atoms with Crippen molar-refractivity contribution in [2.24, 2.45) is 0 Å². The number of hydrogen-bond donors (Lipinski definition) is 1. The molecule has 0 amide bonds. The van der Waals surface area contributed by atoms with Gasteiger partial charge in [-0.1, -0.05) is 0 Å². The SMILES string of the molecule is Cc1sc2nc(C)n(C(C)C(=O)O)c(=O)c2c1C. The Morgan fingerprint density at radius 3 is 2.56 bits per heavy atom. The van der Waals surface area contributed by atoms with Crippen LogP contribution in [-0.2, 0) is 4.79 Å². The van der Waals surface area contributed by atoms with E-state index in [4.69, 9.17) is 5.11 Å². The number of thiophene rings is 1. The fourth-order valence-corrected chi connectivity index (χ4v) is 3.04. The van der Waals surface area contributed by atoms with Gasteiger partial charge in [0.15, 0.2) is 0 Å². The lowest BCUT2D eigenvalue weighted by molar-refractivity contribution is -0.140. The van der Waals surface area contributed by atoms with Gasteiger partial charge in [0.05, 0.1) is 5.39 Å². The van der Waals surface area contributed by atoms with Crippen LogP contribution in [0.25, 0.3) is 10.2 Å². The van der Waals surface area contributed by atoms with Crippen LogP contribution in [0.2, 0.25) is 0 Å². The molecule has 0 bridgehead atoms. The first-order valence-electron chi connectivity index (χ1n) is 5.56. The van der Waals surface area contributed by atoms with Gasteiger partial charge in [-0.3, -0.25) is 9.36 Å². The van der Waals surface area contributed by atoms with Crippen molar-refractivity contribution in [1.29, 1.82) is 0 Å². The van der Waals surface area contributed by atoms with Crippen molar-refractivity contribution in [2.45, 2.75) is 33.7 Å². The van der Waals surface area contributed by atoms with Gasteiger partial charge in [-0.2, -0.15) is 0 Å². The molecule has 0 spiro atoms. The van der Waals surface area contributed by atoms with E-state index in [-0.39, 0.29) is 5.56 Å². The number of carbonyl (C=O) groups is 1. The van der Waals surface area contributed by atoms with E-state index in [1.54, 1.807) is 6.92 Å². The largest absolute Gasteiger partial charge is 0.480 e. The summed E-state index contributed by atoms with van der Waals surface area (Å²) in [6.45, 7) is 6.94. The van der Waals surface area contributed by atoms with Crippen LogP contribution in [0.15, 0.2) is 4.79 Å². The fraction of sp³-hybridized carbons (Fsp3) is 0.417. The number of rotatable bonds is 2. The molecule has 0 aliphatic heterocycles. The molecule has 1 unspecified atom stereocenters. The second kappa shape index (κ2) is 4.20. The number of aromatic nitrogens is 2. The van der Waals surface area contributed by atoms with Crippen molar-refractivity contribution in [2.75, 3.05) is 0 Å². The highest BCUT2D eigenvalue weighted by Gasteiger charge is 2.21. The highest BCUT2D eigenvalue weighted by atomic mass is 32.1. The lowest BCUT2D eigenvalue weighted by Crippen LogP contribution is -2.30. The Bertz CT molecular complexity index is 699. The zero-order valence-corrected chi connectivity index (χ0v) is 11.5. The number of aliphatic carboxylic acids is 1. The normalized spacial score (nSPS) is 12.9. The molecule has 2 aromatic rings. The summed E-state index contributed by atoms with van der Waals surface area (Å²) in [6, 6.07) is -0.908. The molecule has 6 heteroatoms. The Labute approximate surface area is 108 Å². The van der Waals surface area contributed by atoms with E-state index >= 15 is 0 Å². The molecule has 0 aliphatic rings. The number of aryl methyl sites for hydroxylation is 3. The second-order valence-corrected chi connectivity index (χ2v) is 5.51. The van der Waals surface area contributed by atoms with Crippen LogP contribution < -0.4 is 5.56 Å². The maximum Gasteiger partial charge on any atom is 0.326 e. The minimum absolute atomic E-state index is 0.269. The van der Waals surface area contributed by atoms with Crippen LogP contribution in [-0.4, -0.2) is 20.6 Å². The number of nitrogens with zero attached hydrogens (tertiary/aromatic N) is 2. The molecule has 0 aromatic carbocycles. The zero-order valence-electron chi connectivity index (χ0n) is 10.6. The summed E-state index contributed by atoms with van der Waals surface area (Å²) >= 11 is 1.46. The first-order valence-corrected chi connectivity index (χ1v) is 6.38. The molecule has 2 rings (SSSR count). The van der Waals surface area contributed by atoms with E-state index < -0.39 is 12.0 Å². The summed E-state index contributed by atoms with van der Waals surface area (Å²) in [4.78, 5) is 29.5. The van der Waals surface area contributed by atoms with Crippen molar-refractivity contribution in [3.05, 3.63) is 26.6 Å². The van der Waals surface area contributed by atoms with Crippen LogP contribution in [0.3, 0.4) is 0 Å². The van der Waals surface area contributed by atoms with Crippen molar-refractivity contribution in [1.82, 2.24) is 9.55 Å². The molecule has 0 saturated heterocycles. The fourth-order valence-electron chi connectivity index (χ4n) is 1.97. The van der Waals surface area contributed by atoms with Crippen LogP contribution in [0, 0.1) is 20.8 Å². The van der Waals surface area contributed by atoms with Crippen molar-refractivity contribution < 1.29 is 9.90 Å². The lowest BCUT2D eigenvalue weighted by Gasteiger charge is -2.13. The Hall–Kier alpha value is -1.69. The van der Waals surface area contributed by atoms with Gasteiger partial charge in [-0.15, -0.1) is 11.3 Å². The van der Waals surface area contributed by atoms with E-state index in [1.165, 1.54) is 22.8 Å². The smallest absolute Gasteiger partial charge is 0.326 e. The Morgan fingerprint density at radius 2 is 2.00 bits per heavy atom. The third kappa shape index (κ3) is 1.73. The molecule has 18 heavy (non-hydrogen) atoms. The maximum atomic E-state index is 12.4. The molecular weight excluding hydrogens is 252 g/mol. The second-order valence-electron chi connectivity index (χ2n) is 4.31. The highest BCUT2D eigenvalue weighted by molar-refractivity contribution is 7.18.